The van der Waals surface area contributed by atoms with E-state index < -0.39 is 47.7 Å². The van der Waals surface area contributed by atoms with Crippen molar-refractivity contribution in [2.45, 2.75) is 54.5 Å². The lowest BCUT2D eigenvalue weighted by atomic mass is 9.73. The first kappa shape index (κ1) is 22.6. The molecule has 3 saturated heterocycles. The maximum atomic E-state index is 14.7. The van der Waals surface area contributed by atoms with Crippen LogP contribution in [-0.4, -0.2) is 79.6 Å². The van der Waals surface area contributed by atoms with Crippen LogP contribution in [0, 0.1) is 0 Å². The number of hydrogen-bond acceptors (Lipinski definition) is 3. The van der Waals surface area contributed by atoms with Gasteiger partial charge in [0.1, 0.15) is 5.82 Å². The largest absolute Gasteiger partial charge is 0.416 e. The number of aromatic amines is 1. The molecule has 3 atom stereocenters. The molecule has 0 saturated carbocycles. The van der Waals surface area contributed by atoms with Gasteiger partial charge in [0.2, 0.25) is 0 Å². The standard InChI is InChI=1S/C18H17B4F5N4O2/c1-14(2,18(23,24)25)33-6-5-12-28-10-4-3-9(7-11(10)29-12)8-31-13(32)30-16(19)15(21(16)26)17(31,20)22(15)27/h3-4,7H,5-6,8H2,1-2H3,(H,28,29)(H,30,32). The number of rotatable bonds is 6. The Bertz CT molecular complexity index is 1160. The van der Waals surface area contributed by atoms with E-state index in [0.29, 0.717) is 22.4 Å². The second kappa shape index (κ2) is 6.49. The van der Waals surface area contributed by atoms with Gasteiger partial charge in [-0.25, -0.2) is 9.78 Å². The topological polar surface area (TPSA) is 70.2 Å². The number of urea groups is 1. The fourth-order valence-electron chi connectivity index (χ4n) is 4.94. The second-order valence-electron chi connectivity index (χ2n) is 9.45. The summed E-state index contributed by atoms with van der Waals surface area (Å²) in [7, 11) is 11.9. The molecule has 2 N–H and O–H groups in total. The maximum absolute atomic E-state index is 14.7. The highest BCUT2D eigenvalue weighted by Crippen LogP contribution is 2.83. The van der Waals surface area contributed by atoms with Crippen LogP contribution in [-0.2, 0) is 17.7 Å². The zero-order chi connectivity index (χ0) is 24.2. The Hall–Kier alpha value is -2.17. The number of benzene rings is 1. The Kier molecular flexibility index (Phi) is 4.44. The van der Waals surface area contributed by atoms with E-state index in [-0.39, 0.29) is 19.6 Å². The lowest BCUT2D eigenvalue weighted by Crippen LogP contribution is -2.58. The Labute approximate surface area is 189 Å². The molecule has 4 radical (unpaired) electrons. The first-order chi connectivity index (χ1) is 15.2. The highest BCUT2D eigenvalue weighted by atomic mass is 19.4. The molecule has 4 heterocycles. The molecule has 2 aromatic rings. The van der Waals surface area contributed by atoms with Gasteiger partial charge in [-0.05, 0) is 31.5 Å². The molecule has 15 heteroatoms. The van der Waals surface area contributed by atoms with E-state index >= 15 is 0 Å². The van der Waals surface area contributed by atoms with E-state index in [1.54, 1.807) is 18.2 Å². The molecule has 3 aliphatic rings. The van der Waals surface area contributed by atoms with Gasteiger partial charge in [0.15, 0.2) is 5.60 Å². The molecular weight excluding hydrogens is 442 g/mol. The van der Waals surface area contributed by atoms with E-state index in [2.05, 4.69) is 15.3 Å². The summed E-state index contributed by atoms with van der Waals surface area (Å²) in [6.07, 6.45) is -4.38. The highest BCUT2D eigenvalue weighted by molar-refractivity contribution is 7.10. The Balaban J connectivity index is 1.30. The summed E-state index contributed by atoms with van der Waals surface area (Å²) in [5.74, 6) is 0.419. The SMILES string of the molecule is [B]C12NC(=O)N(Cc3ccc4nc(CCOC(C)(C)C(F)(F)F)[nH]c4c3)C3([B])B(F)C13B2F. The number of carbonyl (C=O) groups is 1. The number of fused-ring (bicyclic) bond motifs is 1. The third kappa shape index (κ3) is 2.74. The Morgan fingerprint density at radius 1 is 1.21 bits per heavy atom. The molecule has 3 fully saturated rings. The zero-order valence-electron chi connectivity index (χ0n) is 17.8. The number of nitrogens with one attached hydrogen (secondary N) is 2. The first-order valence-corrected chi connectivity index (χ1v) is 10.3. The van der Waals surface area contributed by atoms with E-state index in [0.717, 1.165) is 18.7 Å². The molecule has 2 amide bonds. The minimum atomic E-state index is -4.50. The minimum Gasteiger partial charge on any atom is -0.366 e. The van der Waals surface area contributed by atoms with Crippen molar-refractivity contribution in [3.05, 3.63) is 29.6 Å². The first-order valence-electron chi connectivity index (χ1n) is 10.3. The van der Waals surface area contributed by atoms with Crippen LogP contribution in [0.2, 0.25) is 5.21 Å². The van der Waals surface area contributed by atoms with E-state index in [1.807, 2.05) is 0 Å². The molecule has 3 unspecified atom stereocenters. The number of alkyl halides is 3. The van der Waals surface area contributed by atoms with Crippen LogP contribution < -0.4 is 5.32 Å². The zero-order valence-corrected chi connectivity index (χ0v) is 17.8. The number of nitrogens with zero attached hydrogens (tertiary/aromatic N) is 2. The van der Waals surface area contributed by atoms with Crippen LogP contribution in [0.4, 0.5) is 26.6 Å². The predicted octanol–water partition coefficient (Wildman–Crippen LogP) is 2.02. The summed E-state index contributed by atoms with van der Waals surface area (Å²) in [5, 5.41) is -2.94. The monoisotopic (exact) mass is 460 g/mol. The molecule has 6 nitrogen and oxygen atoms in total. The normalized spacial score (nSPS) is 30.9. The van der Waals surface area contributed by atoms with Gasteiger partial charge in [0, 0.05) is 28.9 Å². The van der Waals surface area contributed by atoms with Crippen LogP contribution in [0.25, 0.3) is 11.0 Å². The van der Waals surface area contributed by atoms with Gasteiger partial charge in [0.25, 0.3) is 0 Å². The van der Waals surface area contributed by atoms with E-state index in [9.17, 15) is 26.6 Å². The molecule has 5 rings (SSSR count). The average molecular weight is 460 g/mol. The van der Waals surface area contributed by atoms with Crippen molar-refractivity contribution in [1.82, 2.24) is 20.2 Å². The number of aromatic nitrogens is 2. The molecule has 3 aliphatic heterocycles. The van der Waals surface area contributed by atoms with Crippen molar-refractivity contribution in [3.8, 4) is 0 Å². The average Bonchev–Trinajstić information content (AvgIpc) is 3.28. The summed E-state index contributed by atoms with van der Waals surface area (Å²) in [5.41, 5.74) is -0.601. The third-order valence-corrected chi connectivity index (χ3v) is 7.19. The van der Waals surface area contributed by atoms with Gasteiger partial charge in [-0.3, -0.25) is 0 Å². The number of H-pyrrole nitrogens is 1. The van der Waals surface area contributed by atoms with E-state index in [1.165, 1.54) is 0 Å². The number of ether oxygens (including phenoxy) is 1. The fraction of sp³-hybridized carbons (Fsp3) is 0.556. The molecule has 0 bridgehead atoms. The Morgan fingerprint density at radius 2 is 1.91 bits per heavy atom. The van der Waals surface area contributed by atoms with Gasteiger partial charge in [-0.2, -0.15) is 13.2 Å². The summed E-state index contributed by atoms with van der Waals surface area (Å²) >= 11 is 0. The van der Waals surface area contributed by atoms with Gasteiger partial charge in [-0.15, -0.1) is 0 Å². The fourth-order valence-corrected chi connectivity index (χ4v) is 4.94. The second-order valence-corrected chi connectivity index (χ2v) is 9.45. The van der Waals surface area contributed by atoms with Crippen LogP contribution in [0.3, 0.4) is 0 Å². The number of carbonyl (C=O) groups excluding carboxylic acids is 1. The van der Waals surface area contributed by atoms with Crippen molar-refractivity contribution in [3.63, 3.8) is 0 Å². The quantitative estimate of drug-likeness (QED) is 0.513. The molecule has 1 aromatic heterocycles. The number of halogens is 5. The lowest BCUT2D eigenvalue weighted by molar-refractivity contribution is -0.263. The van der Waals surface area contributed by atoms with Crippen molar-refractivity contribution in [1.29, 1.82) is 0 Å². The van der Waals surface area contributed by atoms with Crippen molar-refractivity contribution < 1.29 is 31.3 Å². The molecular formula is C18H17B4F5N4O2. The number of amides is 2. The van der Waals surface area contributed by atoms with Crippen molar-refractivity contribution in [2.24, 2.45) is 0 Å². The van der Waals surface area contributed by atoms with Gasteiger partial charge < -0.3 is 28.6 Å². The summed E-state index contributed by atoms with van der Waals surface area (Å²) in [6.45, 7) is -1.97. The van der Waals surface area contributed by atoms with Crippen LogP contribution in [0.5, 0.6) is 0 Å². The summed E-state index contributed by atoms with van der Waals surface area (Å²) in [6, 6.07) is 4.20. The van der Waals surface area contributed by atoms with Crippen LogP contribution in [0.15, 0.2) is 18.2 Å². The van der Waals surface area contributed by atoms with Crippen molar-refractivity contribution >= 4 is 46.7 Å². The van der Waals surface area contributed by atoms with E-state index in [4.69, 9.17) is 20.4 Å². The predicted molar refractivity (Wildman–Crippen MR) is 113 cm³/mol. The molecule has 33 heavy (non-hydrogen) atoms. The van der Waals surface area contributed by atoms with Gasteiger partial charge in [0.05, 0.1) is 33.3 Å². The van der Waals surface area contributed by atoms with Gasteiger partial charge >= 0.3 is 26.2 Å². The molecule has 0 aliphatic carbocycles. The summed E-state index contributed by atoms with van der Waals surface area (Å²) < 4.78 is 72.7. The summed E-state index contributed by atoms with van der Waals surface area (Å²) in [4.78, 5) is 20.9. The highest BCUT2D eigenvalue weighted by Gasteiger charge is 3.05. The van der Waals surface area contributed by atoms with Gasteiger partial charge in [-0.1, -0.05) is 6.07 Å². The minimum absolute atomic E-state index is 0.0967. The maximum Gasteiger partial charge on any atom is 0.416 e. The van der Waals surface area contributed by atoms with Crippen LogP contribution >= 0.6 is 0 Å². The molecule has 1 spiro atoms. The smallest absolute Gasteiger partial charge is 0.366 e. The third-order valence-electron chi connectivity index (χ3n) is 7.19. The molecule has 168 valence electrons. The number of hydrogen-bond donors (Lipinski definition) is 2. The van der Waals surface area contributed by atoms with Crippen molar-refractivity contribution in [2.75, 3.05) is 6.61 Å². The Morgan fingerprint density at radius 3 is 2.58 bits per heavy atom. The lowest BCUT2D eigenvalue weighted by Gasteiger charge is -2.37. The van der Waals surface area contributed by atoms with Crippen LogP contribution in [0.1, 0.15) is 25.2 Å². The molecule has 1 aromatic carbocycles. The number of imidazole rings is 1.